The van der Waals surface area contributed by atoms with Crippen LogP contribution in [0.3, 0.4) is 0 Å². The van der Waals surface area contributed by atoms with E-state index in [2.05, 4.69) is 0 Å². The maximum absolute atomic E-state index is 13.9. The lowest BCUT2D eigenvalue weighted by Gasteiger charge is -2.27. The molecule has 20 heavy (non-hydrogen) atoms. The van der Waals surface area contributed by atoms with Crippen LogP contribution >= 0.6 is 0 Å². The van der Waals surface area contributed by atoms with Crippen molar-refractivity contribution < 1.29 is 23.0 Å². The third kappa shape index (κ3) is 3.65. The number of methoxy groups -OCH3 is 1. The van der Waals surface area contributed by atoms with E-state index in [4.69, 9.17) is 14.2 Å². The highest BCUT2D eigenvalue weighted by Crippen LogP contribution is 2.25. The van der Waals surface area contributed by atoms with E-state index in [0.29, 0.717) is 32.1 Å². The van der Waals surface area contributed by atoms with Gasteiger partial charge in [-0.2, -0.15) is 0 Å². The third-order valence-electron chi connectivity index (χ3n) is 3.20. The number of halogens is 2. The van der Waals surface area contributed by atoms with Gasteiger partial charge in [0.15, 0.2) is 11.6 Å². The van der Waals surface area contributed by atoms with Crippen LogP contribution in [0, 0.1) is 11.6 Å². The molecule has 4 nitrogen and oxygen atoms in total. The summed E-state index contributed by atoms with van der Waals surface area (Å²) in [4.78, 5) is 1.86. The molecule has 1 saturated heterocycles. The molecule has 0 radical (unpaired) electrons. The Labute approximate surface area is 117 Å². The van der Waals surface area contributed by atoms with Gasteiger partial charge in [-0.3, -0.25) is 4.90 Å². The molecule has 0 N–H and O–H groups in total. The summed E-state index contributed by atoms with van der Waals surface area (Å²) in [6.45, 7) is 2.52. The van der Waals surface area contributed by atoms with Crippen molar-refractivity contribution in [2.45, 2.75) is 12.6 Å². The van der Waals surface area contributed by atoms with Gasteiger partial charge < -0.3 is 14.2 Å². The average Bonchev–Trinajstić information content (AvgIpc) is 2.45. The summed E-state index contributed by atoms with van der Waals surface area (Å²) in [5.74, 6) is -1.39. The molecule has 0 aromatic heterocycles. The van der Waals surface area contributed by atoms with E-state index < -0.39 is 11.6 Å². The number of hydrogen-bond donors (Lipinski definition) is 0. The SMILES string of the molecule is COc1ccc(F)c(F)c1CN(C)CC1COCCO1. The summed E-state index contributed by atoms with van der Waals surface area (Å²) in [7, 11) is 3.26. The van der Waals surface area contributed by atoms with Crippen LogP contribution in [-0.4, -0.2) is 51.5 Å². The smallest absolute Gasteiger partial charge is 0.167 e. The predicted molar refractivity (Wildman–Crippen MR) is 69.8 cm³/mol. The van der Waals surface area contributed by atoms with Crippen molar-refractivity contribution in [1.82, 2.24) is 4.90 Å². The zero-order valence-electron chi connectivity index (χ0n) is 11.7. The molecule has 1 fully saturated rings. The van der Waals surface area contributed by atoms with Gasteiger partial charge in [0, 0.05) is 18.7 Å². The molecule has 0 aliphatic carbocycles. The lowest BCUT2D eigenvalue weighted by Crippen LogP contribution is -2.38. The molecule has 1 aromatic carbocycles. The quantitative estimate of drug-likeness (QED) is 0.826. The first-order valence-corrected chi connectivity index (χ1v) is 6.50. The fraction of sp³-hybridized carbons (Fsp3) is 0.571. The Hall–Kier alpha value is -1.24. The summed E-state index contributed by atoms with van der Waals surface area (Å²) in [5, 5.41) is 0. The summed E-state index contributed by atoms with van der Waals surface area (Å²) >= 11 is 0. The van der Waals surface area contributed by atoms with Crippen LogP contribution < -0.4 is 4.74 Å². The highest BCUT2D eigenvalue weighted by molar-refractivity contribution is 5.35. The molecule has 112 valence electrons. The number of benzene rings is 1. The van der Waals surface area contributed by atoms with Crippen LogP contribution in [0.1, 0.15) is 5.56 Å². The number of hydrogen-bond acceptors (Lipinski definition) is 4. The van der Waals surface area contributed by atoms with Gasteiger partial charge in [-0.1, -0.05) is 0 Å². The molecule has 6 heteroatoms. The van der Waals surface area contributed by atoms with Gasteiger partial charge in [-0.05, 0) is 19.2 Å². The molecule has 0 saturated carbocycles. The van der Waals surface area contributed by atoms with E-state index in [1.54, 1.807) is 0 Å². The van der Waals surface area contributed by atoms with E-state index in [-0.39, 0.29) is 18.2 Å². The van der Waals surface area contributed by atoms with E-state index in [1.165, 1.54) is 13.2 Å². The Balaban J connectivity index is 2.02. The van der Waals surface area contributed by atoms with Crippen molar-refractivity contribution in [2.24, 2.45) is 0 Å². The molecule has 1 aromatic rings. The molecular formula is C14H19F2NO3. The molecule has 2 rings (SSSR count). The van der Waals surface area contributed by atoms with Crippen molar-refractivity contribution in [3.63, 3.8) is 0 Å². The third-order valence-corrected chi connectivity index (χ3v) is 3.20. The Morgan fingerprint density at radius 2 is 2.15 bits per heavy atom. The van der Waals surface area contributed by atoms with E-state index >= 15 is 0 Å². The second kappa shape index (κ2) is 6.97. The van der Waals surface area contributed by atoms with Crippen molar-refractivity contribution in [2.75, 3.05) is 40.5 Å². The maximum atomic E-state index is 13.9. The van der Waals surface area contributed by atoms with E-state index in [0.717, 1.165) is 6.07 Å². The second-order valence-corrected chi connectivity index (χ2v) is 4.81. The summed E-state index contributed by atoms with van der Waals surface area (Å²) < 4.78 is 43.1. The van der Waals surface area contributed by atoms with E-state index in [9.17, 15) is 8.78 Å². The van der Waals surface area contributed by atoms with Crippen LogP contribution in [0.2, 0.25) is 0 Å². The maximum Gasteiger partial charge on any atom is 0.167 e. The van der Waals surface area contributed by atoms with Crippen LogP contribution in [0.25, 0.3) is 0 Å². The van der Waals surface area contributed by atoms with Gasteiger partial charge >= 0.3 is 0 Å². The molecule has 1 heterocycles. The first-order chi connectivity index (χ1) is 9.61. The summed E-state index contributed by atoms with van der Waals surface area (Å²) in [6, 6.07) is 2.50. The van der Waals surface area contributed by atoms with Gasteiger partial charge in [0.2, 0.25) is 0 Å². The molecule has 1 atom stereocenters. The zero-order chi connectivity index (χ0) is 14.5. The van der Waals surface area contributed by atoms with Gasteiger partial charge in [-0.15, -0.1) is 0 Å². The highest BCUT2D eigenvalue weighted by Gasteiger charge is 2.20. The van der Waals surface area contributed by atoms with Crippen molar-refractivity contribution in [1.29, 1.82) is 0 Å². The molecule has 0 spiro atoms. The summed E-state index contributed by atoms with van der Waals surface area (Å²) in [6.07, 6.45) is -0.0450. The van der Waals surface area contributed by atoms with Gasteiger partial charge in [-0.25, -0.2) is 8.78 Å². The van der Waals surface area contributed by atoms with Gasteiger partial charge in [0.05, 0.1) is 33.0 Å². The topological polar surface area (TPSA) is 30.9 Å². The fourth-order valence-corrected chi connectivity index (χ4v) is 2.24. The molecule has 0 bridgehead atoms. The Morgan fingerprint density at radius 1 is 1.35 bits per heavy atom. The lowest BCUT2D eigenvalue weighted by atomic mass is 10.1. The minimum absolute atomic E-state index is 0.0450. The molecule has 1 aliphatic heterocycles. The summed E-state index contributed by atoms with van der Waals surface area (Å²) in [5.41, 5.74) is 0.215. The number of rotatable bonds is 5. The van der Waals surface area contributed by atoms with Gasteiger partial charge in [0.25, 0.3) is 0 Å². The predicted octanol–water partition coefficient (Wildman–Crippen LogP) is 1.82. The van der Waals surface area contributed by atoms with Crippen molar-refractivity contribution >= 4 is 0 Å². The Morgan fingerprint density at radius 3 is 2.80 bits per heavy atom. The first-order valence-electron chi connectivity index (χ1n) is 6.50. The second-order valence-electron chi connectivity index (χ2n) is 4.81. The molecular weight excluding hydrogens is 268 g/mol. The fourth-order valence-electron chi connectivity index (χ4n) is 2.24. The Bertz CT molecular complexity index is 450. The van der Waals surface area contributed by atoms with Crippen LogP contribution in [-0.2, 0) is 16.0 Å². The Kier molecular flexibility index (Phi) is 5.28. The first kappa shape index (κ1) is 15.2. The number of ether oxygens (including phenoxy) is 3. The molecule has 1 aliphatic rings. The van der Waals surface area contributed by atoms with Gasteiger partial charge in [0.1, 0.15) is 5.75 Å². The monoisotopic (exact) mass is 287 g/mol. The van der Waals surface area contributed by atoms with Crippen LogP contribution in [0.5, 0.6) is 5.75 Å². The van der Waals surface area contributed by atoms with E-state index in [1.807, 2.05) is 11.9 Å². The number of likely N-dealkylation sites (N-methyl/N-ethyl adjacent to an activating group) is 1. The average molecular weight is 287 g/mol. The van der Waals surface area contributed by atoms with Crippen molar-refractivity contribution in [3.05, 3.63) is 29.3 Å². The van der Waals surface area contributed by atoms with Crippen LogP contribution in [0.4, 0.5) is 8.78 Å². The molecule has 1 unspecified atom stereocenters. The zero-order valence-corrected chi connectivity index (χ0v) is 11.7. The minimum Gasteiger partial charge on any atom is -0.496 e. The standard InChI is InChI=1S/C14H19F2NO3/c1-17(7-10-9-19-5-6-20-10)8-11-13(18-2)4-3-12(15)14(11)16/h3-4,10H,5-9H2,1-2H3. The lowest BCUT2D eigenvalue weighted by molar-refractivity contribution is -0.0963. The molecule has 0 amide bonds. The number of nitrogens with zero attached hydrogens (tertiary/aromatic N) is 1. The highest BCUT2D eigenvalue weighted by atomic mass is 19.2. The normalized spacial score (nSPS) is 19.4. The van der Waals surface area contributed by atoms with Crippen molar-refractivity contribution in [3.8, 4) is 5.75 Å². The largest absolute Gasteiger partial charge is 0.496 e. The van der Waals surface area contributed by atoms with Crippen LogP contribution in [0.15, 0.2) is 12.1 Å². The minimum atomic E-state index is -0.869.